The number of nitrogen functional groups attached to an aromatic ring is 1. The van der Waals surface area contributed by atoms with Gasteiger partial charge in [0.2, 0.25) is 10.0 Å². The second kappa shape index (κ2) is 6.30. The summed E-state index contributed by atoms with van der Waals surface area (Å²) in [5.41, 5.74) is 5.44. The van der Waals surface area contributed by atoms with E-state index in [1.165, 1.54) is 12.1 Å². The van der Waals surface area contributed by atoms with Crippen LogP contribution in [0.3, 0.4) is 0 Å². The molecule has 0 radical (unpaired) electrons. The highest BCUT2D eigenvalue weighted by atomic mass is 35.5. The summed E-state index contributed by atoms with van der Waals surface area (Å²) < 4.78 is 27.0. The van der Waals surface area contributed by atoms with Crippen LogP contribution in [0.1, 0.15) is 32.3 Å². The fourth-order valence-corrected chi connectivity index (χ4v) is 3.47. The normalized spacial score (nSPS) is 12.7. The molecule has 0 atom stereocenters. The lowest BCUT2D eigenvalue weighted by Crippen LogP contribution is -2.42. The Labute approximate surface area is 125 Å². The number of rotatable bonds is 6. The molecule has 0 spiro atoms. The minimum atomic E-state index is -3.76. The van der Waals surface area contributed by atoms with Gasteiger partial charge in [-0.05, 0) is 37.5 Å². The standard InChI is InChI=1S/C13H21ClN2O3S/c1-4-13(17,5-2)8-16-20(18,19)12-7-10(14)6-11(15)9(12)3/h6-7,16-17H,4-5,8,15H2,1-3H3. The molecule has 1 rings (SSSR count). The van der Waals surface area contributed by atoms with E-state index in [0.29, 0.717) is 24.1 Å². The number of sulfonamides is 1. The zero-order valence-electron chi connectivity index (χ0n) is 11.9. The van der Waals surface area contributed by atoms with Gasteiger partial charge in [0.1, 0.15) is 0 Å². The number of nitrogens with two attached hydrogens (primary N) is 1. The molecule has 0 saturated carbocycles. The van der Waals surface area contributed by atoms with Crippen molar-refractivity contribution in [2.45, 2.75) is 44.1 Å². The van der Waals surface area contributed by atoms with Gasteiger partial charge in [0.05, 0.1) is 10.5 Å². The first-order valence-electron chi connectivity index (χ1n) is 6.43. The third-order valence-electron chi connectivity index (χ3n) is 3.56. The molecule has 0 aromatic heterocycles. The lowest BCUT2D eigenvalue weighted by molar-refractivity contribution is 0.0377. The van der Waals surface area contributed by atoms with E-state index in [1.54, 1.807) is 20.8 Å². The van der Waals surface area contributed by atoms with Gasteiger partial charge in [0.25, 0.3) is 0 Å². The molecule has 4 N–H and O–H groups in total. The maximum Gasteiger partial charge on any atom is 0.241 e. The Bertz CT molecular complexity index is 584. The molecule has 0 unspecified atom stereocenters. The molecule has 1 aromatic carbocycles. The fraction of sp³-hybridized carbons (Fsp3) is 0.538. The van der Waals surface area contributed by atoms with Gasteiger partial charge in [-0.1, -0.05) is 25.4 Å². The Morgan fingerprint density at radius 2 is 1.90 bits per heavy atom. The molecule has 0 heterocycles. The summed E-state index contributed by atoms with van der Waals surface area (Å²) in [6.07, 6.45) is 0.922. The molecule has 20 heavy (non-hydrogen) atoms. The molecule has 1 aromatic rings. The molecular weight excluding hydrogens is 300 g/mol. The minimum absolute atomic E-state index is 0.0389. The SMILES string of the molecule is CCC(O)(CC)CNS(=O)(=O)c1cc(Cl)cc(N)c1C. The molecule has 0 saturated heterocycles. The highest BCUT2D eigenvalue weighted by Gasteiger charge is 2.26. The number of benzene rings is 1. The van der Waals surface area contributed by atoms with Crippen molar-refractivity contribution in [3.05, 3.63) is 22.7 Å². The summed E-state index contributed by atoms with van der Waals surface area (Å²) in [6, 6.07) is 2.86. The summed E-state index contributed by atoms with van der Waals surface area (Å²) in [7, 11) is -3.76. The van der Waals surface area contributed by atoms with Crippen molar-refractivity contribution >= 4 is 27.3 Å². The average molecular weight is 321 g/mol. The first-order chi connectivity index (χ1) is 9.15. The monoisotopic (exact) mass is 320 g/mol. The van der Waals surface area contributed by atoms with Gasteiger partial charge in [-0.15, -0.1) is 0 Å². The van der Waals surface area contributed by atoms with Gasteiger partial charge in [-0.25, -0.2) is 13.1 Å². The van der Waals surface area contributed by atoms with Crippen LogP contribution in [0.25, 0.3) is 0 Å². The van der Waals surface area contributed by atoms with Crippen LogP contribution < -0.4 is 10.5 Å². The molecule has 0 aliphatic carbocycles. The number of hydrogen-bond acceptors (Lipinski definition) is 4. The number of hydrogen-bond donors (Lipinski definition) is 3. The molecule has 0 aliphatic heterocycles. The van der Waals surface area contributed by atoms with Crippen molar-refractivity contribution in [1.29, 1.82) is 0 Å². The Kier molecular flexibility index (Phi) is 5.43. The Morgan fingerprint density at radius 1 is 1.35 bits per heavy atom. The van der Waals surface area contributed by atoms with E-state index in [0.717, 1.165) is 0 Å². The number of nitrogens with one attached hydrogen (secondary N) is 1. The number of anilines is 1. The lowest BCUT2D eigenvalue weighted by Gasteiger charge is -2.25. The van der Waals surface area contributed by atoms with E-state index in [4.69, 9.17) is 17.3 Å². The molecule has 0 amide bonds. The van der Waals surface area contributed by atoms with Crippen LogP contribution in [0.4, 0.5) is 5.69 Å². The Morgan fingerprint density at radius 3 is 2.40 bits per heavy atom. The largest absolute Gasteiger partial charge is 0.398 e. The van der Waals surface area contributed by atoms with Gasteiger partial charge >= 0.3 is 0 Å². The fourth-order valence-electron chi connectivity index (χ4n) is 1.76. The van der Waals surface area contributed by atoms with Gasteiger partial charge in [0, 0.05) is 17.3 Å². The van der Waals surface area contributed by atoms with Crippen molar-refractivity contribution in [2.75, 3.05) is 12.3 Å². The average Bonchev–Trinajstić information content (AvgIpc) is 2.40. The topological polar surface area (TPSA) is 92.4 Å². The van der Waals surface area contributed by atoms with E-state index in [9.17, 15) is 13.5 Å². The molecule has 7 heteroatoms. The van der Waals surface area contributed by atoms with Crippen molar-refractivity contribution < 1.29 is 13.5 Å². The van der Waals surface area contributed by atoms with Crippen LogP contribution in [0.15, 0.2) is 17.0 Å². The van der Waals surface area contributed by atoms with Crippen molar-refractivity contribution in [1.82, 2.24) is 4.72 Å². The summed E-state index contributed by atoms with van der Waals surface area (Å²) >= 11 is 5.85. The van der Waals surface area contributed by atoms with Gasteiger partial charge in [0.15, 0.2) is 0 Å². The number of aliphatic hydroxyl groups is 1. The van der Waals surface area contributed by atoms with Crippen LogP contribution in [0.2, 0.25) is 5.02 Å². The maximum atomic E-state index is 12.3. The zero-order chi connectivity index (χ0) is 15.6. The zero-order valence-corrected chi connectivity index (χ0v) is 13.5. The number of halogens is 1. The predicted octanol–water partition coefficient (Wildman–Crippen LogP) is 2.06. The van der Waals surface area contributed by atoms with E-state index in [1.807, 2.05) is 0 Å². The summed E-state index contributed by atoms with van der Waals surface area (Å²) in [5.74, 6) is 0. The van der Waals surface area contributed by atoms with Crippen LogP contribution in [-0.4, -0.2) is 25.7 Å². The summed E-state index contributed by atoms with van der Waals surface area (Å²) in [4.78, 5) is 0.0389. The van der Waals surface area contributed by atoms with Crippen molar-refractivity contribution in [3.8, 4) is 0 Å². The summed E-state index contributed by atoms with van der Waals surface area (Å²) in [5, 5.41) is 10.4. The van der Waals surface area contributed by atoms with Gasteiger partial charge < -0.3 is 10.8 Å². The van der Waals surface area contributed by atoms with E-state index in [-0.39, 0.29) is 16.5 Å². The second-order valence-electron chi connectivity index (χ2n) is 4.87. The quantitative estimate of drug-likeness (QED) is 0.699. The van der Waals surface area contributed by atoms with Crippen molar-refractivity contribution in [3.63, 3.8) is 0 Å². The highest BCUT2D eigenvalue weighted by Crippen LogP contribution is 2.26. The first-order valence-corrected chi connectivity index (χ1v) is 8.29. The van der Waals surface area contributed by atoms with Crippen LogP contribution >= 0.6 is 11.6 Å². The van der Waals surface area contributed by atoms with Gasteiger partial charge in [-0.3, -0.25) is 0 Å². The molecule has 114 valence electrons. The lowest BCUT2D eigenvalue weighted by atomic mass is 9.98. The molecule has 0 aliphatic rings. The third kappa shape index (κ3) is 3.85. The van der Waals surface area contributed by atoms with Crippen LogP contribution in [0, 0.1) is 6.92 Å². The third-order valence-corrected chi connectivity index (χ3v) is 5.31. The van der Waals surface area contributed by atoms with Crippen molar-refractivity contribution in [2.24, 2.45) is 0 Å². The van der Waals surface area contributed by atoms with Crippen LogP contribution in [-0.2, 0) is 10.0 Å². The Balaban J connectivity index is 3.07. The first kappa shape index (κ1) is 17.2. The van der Waals surface area contributed by atoms with E-state index < -0.39 is 15.6 Å². The second-order valence-corrected chi connectivity index (χ2v) is 7.05. The molecule has 5 nitrogen and oxygen atoms in total. The van der Waals surface area contributed by atoms with Gasteiger partial charge in [-0.2, -0.15) is 0 Å². The molecule has 0 fully saturated rings. The smallest absolute Gasteiger partial charge is 0.241 e. The van der Waals surface area contributed by atoms with E-state index >= 15 is 0 Å². The summed E-state index contributed by atoms with van der Waals surface area (Å²) in [6.45, 7) is 5.18. The predicted molar refractivity (Wildman–Crippen MR) is 81.3 cm³/mol. The molecular formula is C13H21ClN2O3S. The van der Waals surface area contributed by atoms with Crippen LogP contribution in [0.5, 0.6) is 0 Å². The maximum absolute atomic E-state index is 12.3. The minimum Gasteiger partial charge on any atom is -0.398 e. The Hall–Kier alpha value is -0.820. The highest BCUT2D eigenvalue weighted by molar-refractivity contribution is 7.89. The van der Waals surface area contributed by atoms with E-state index in [2.05, 4.69) is 4.72 Å². The molecule has 0 bridgehead atoms.